The lowest BCUT2D eigenvalue weighted by Crippen LogP contribution is -2.04. The molecule has 0 saturated heterocycles. The molecule has 0 amide bonds. The normalized spacial score (nSPS) is 15.4. The predicted molar refractivity (Wildman–Crippen MR) is 71.0 cm³/mol. The molecular formula is C12H15BrN4O. The Morgan fingerprint density at radius 3 is 3.00 bits per heavy atom. The monoisotopic (exact) mass is 310 g/mol. The molecule has 6 heteroatoms. The maximum Gasteiger partial charge on any atom is 0.132 e. The quantitative estimate of drug-likeness (QED) is 0.852. The summed E-state index contributed by atoms with van der Waals surface area (Å²) in [6.07, 6.45) is 5.68. The number of halogens is 1. The molecule has 0 fully saturated rings. The highest BCUT2D eigenvalue weighted by Crippen LogP contribution is 2.25. The topological polar surface area (TPSA) is 44.9 Å². The minimum atomic E-state index is 0.757. The summed E-state index contributed by atoms with van der Waals surface area (Å²) >= 11 is 3.54. The second kappa shape index (κ2) is 4.85. The fourth-order valence-corrected chi connectivity index (χ4v) is 2.84. The highest BCUT2D eigenvalue weighted by atomic mass is 79.9. The molecule has 2 aromatic rings. The van der Waals surface area contributed by atoms with Gasteiger partial charge in [0.15, 0.2) is 0 Å². The van der Waals surface area contributed by atoms with Crippen LogP contribution in [0.2, 0.25) is 0 Å². The van der Waals surface area contributed by atoms with Gasteiger partial charge in [-0.15, -0.1) is 0 Å². The molecule has 0 aromatic carbocycles. The van der Waals surface area contributed by atoms with Gasteiger partial charge < -0.3 is 4.74 Å². The number of nitrogens with zero attached hydrogens (tertiary/aromatic N) is 4. The van der Waals surface area contributed by atoms with Gasteiger partial charge in [0.1, 0.15) is 10.3 Å². The van der Waals surface area contributed by atoms with Gasteiger partial charge in [0.25, 0.3) is 0 Å². The zero-order valence-corrected chi connectivity index (χ0v) is 11.9. The van der Waals surface area contributed by atoms with Crippen molar-refractivity contribution in [3.05, 3.63) is 28.3 Å². The van der Waals surface area contributed by atoms with Gasteiger partial charge in [-0.1, -0.05) is 0 Å². The van der Waals surface area contributed by atoms with E-state index in [1.807, 2.05) is 21.8 Å². The van der Waals surface area contributed by atoms with E-state index in [2.05, 4.69) is 33.1 Å². The van der Waals surface area contributed by atoms with Gasteiger partial charge in [0.05, 0.1) is 31.3 Å². The van der Waals surface area contributed by atoms with Crippen LogP contribution in [0.1, 0.15) is 18.2 Å². The van der Waals surface area contributed by atoms with E-state index < -0.39 is 0 Å². The van der Waals surface area contributed by atoms with E-state index in [-0.39, 0.29) is 0 Å². The second-order valence-electron chi connectivity index (χ2n) is 4.29. The zero-order chi connectivity index (χ0) is 12.5. The molecule has 0 radical (unpaired) electrons. The molecule has 1 aliphatic heterocycles. The molecule has 0 spiro atoms. The van der Waals surface area contributed by atoms with Crippen LogP contribution in [0.15, 0.2) is 17.0 Å². The lowest BCUT2D eigenvalue weighted by molar-refractivity contribution is 0.145. The molecule has 1 aliphatic rings. The Labute approximate surface area is 114 Å². The fraction of sp³-hybridized carbons (Fsp3) is 0.500. The average Bonchev–Trinajstić information content (AvgIpc) is 2.87. The molecule has 0 unspecified atom stereocenters. The lowest BCUT2D eigenvalue weighted by atomic mass is 10.1. The van der Waals surface area contributed by atoms with Crippen molar-refractivity contribution in [1.82, 2.24) is 19.6 Å². The first-order valence-corrected chi connectivity index (χ1v) is 6.95. The predicted octanol–water partition coefficient (Wildman–Crippen LogP) is 1.97. The Morgan fingerprint density at radius 1 is 1.39 bits per heavy atom. The van der Waals surface area contributed by atoms with Crippen LogP contribution in [0.4, 0.5) is 0 Å². The van der Waals surface area contributed by atoms with Gasteiger partial charge in [-0.05, 0) is 22.9 Å². The van der Waals surface area contributed by atoms with E-state index in [0.717, 1.165) is 42.9 Å². The van der Waals surface area contributed by atoms with E-state index in [4.69, 9.17) is 4.74 Å². The molecular weight excluding hydrogens is 296 g/mol. The van der Waals surface area contributed by atoms with E-state index >= 15 is 0 Å². The van der Waals surface area contributed by atoms with Crippen molar-refractivity contribution in [1.29, 1.82) is 0 Å². The molecule has 0 saturated carbocycles. The molecule has 96 valence electrons. The summed E-state index contributed by atoms with van der Waals surface area (Å²) in [6, 6.07) is 0. The summed E-state index contributed by atoms with van der Waals surface area (Å²) in [5.74, 6) is 0. The van der Waals surface area contributed by atoms with Crippen LogP contribution >= 0.6 is 15.9 Å². The molecule has 5 nitrogen and oxygen atoms in total. The standard InChI is InChI=1S/C12H15BrN4O/c1-2-16-8-9(7-14-16)17-11-4-6-18-5-3-10(11)12(13)15-17/h7-8H,2-6H2,1H3. The molecule has 0 atom stereocenters. The van der Waals surface area contributed by atoms with Crippen LogP contribution in [0.25, 0.3) is 5.69 Å². The molecule has 2 aromatic heterocycles. The zero-order valence-electron chi connectivity index (χ0n) is 10.3. The summed E-state index contributed by atoms with van der Waals surface area (Å²) in [4.78, 5) is 0. The summed E-state index contributed by atoms with van der Waals surface area (Å²) in [7, 11) is 0. The summed E-state index contributed by atoms with van der Waals surface area (Å²) in [6.45, 7) is 4.47. The Balaban J connectivity index is 2.06. The minimum Gasteiger partial charge on any atom is -0.381 e. The van der Waals surface area contributed by atoms with Gasteiger partial charge >= 0.3 is 0 Å². The number of hydrogen-bond acceptors (Lipinski definition) is 3. The molecule has 0 aliphatic carbocycles. The van der Waals surface area contributed by atoms with Crippen LogP contribution < -0.4 is 0 Å². The summed E-state index contributed by atoms with van der Waals surface area (Å²) < 4.78 is 10.3. The van der Waals surface area contributed by atoms with Crippen molar-refractivity contribution >= 4 is 15.9 Å². The molecule has 0 bridgehead atoms. The van der Waals surface area contributed by atoms with Gasteiger partial charge in [-0.2, -0.15) is 10.2 Å². The summed E-state index contributed by atoms with van der Waals surface area (Å²) in [5.41, 5.74) is 3.51. The van der Waals surface area contributed by atoms with E-state index in [1.54, 1.807) is 0 Å². The van der Waals surface area contributed by atoms with Crippen molar-refractivity contribution < 1.29 is 4.74 Å². The van der Waals surface area contributed by atoms with Crippen molar-refractivity contribution in [2.75, 3.05) is 13.2 Å². The van der Waals surface area contributed by atoms with Crippen molar-refractivity contribution in [3.63, 3.8) is 0 Å². The van der Waals surface area contributed by atoms with Crippen LogP contribution in [-0.2, 0) is 24.1 Å². The minimum absolute atomic E-state index is 0.757. The SMILES string of the molecule is CCn1cc(-n2nc(Br)c3c2CCOCC3)cn1. The van der Waals surface area contributed by atoms with Crippen LogP contribution in [0, 0.1) is 0 Å². The van der Waals surface area contributed by atoms with Gasteiger partial charge in [-0.25, -0.2) is 4.68 Å². The maximum atomic E-state index is 5.52. The third-order valence-corrected chi connectivity index (χ3v) is 3.85. The Kier molecular flexibility index (Phi) is 3.22. The van der Waals surface area contributed by atoms with Gasteiger partial charge in [0.2, 0.25) is 0 Å². The highest BCUT2D eigenvalue weighted by Gasteiger charge is 2.19. The lowest BCUT2D eigenvalue weighted by Gasteiger charge is -2.03. The number of rotatable bonds is 2. The smallest absolute Gasteiger partial charge is 0.132 e. The number of aryl methyl sites for hydroxylation is 1. The fourth-order valence-electron chi connectivity index (χ4n) is 2.25. The van der Waals surface area contributed by atoms with Crippen LogP contribution in [-0.4, -0.2) is 32.8 Å². The largest absolute Gasteiger partial charge is 0.381 e. The van der Waals surface area contributed by atoms with E-state index in [9.17, 15) is 0 Å². The van der Waals surface area contributed by atoms with Gasteiger partial charge in [0, 0.05) is 24.9 Å². The molecule has 3 rings (SSSR count). The highest BCUT2D eigenvalue weighted by molar-refractivity contribution is 9.10. The van der Waals surface area contributed by atoms with Crippen LogP contribution in [0.5, 0.6) is 0 Å². The first-order chi connectivity index (χ1) is 8.79. The first kappa shape index (κ1) is 11.9. The number of fused-ring (bicyclic) bond motifs is 1. The summed E-state index contributed by atoms with van der Waals surface area (Å²) in [5, 5.41) is 8.88. The first-order valence-electron chi connectivity index (χ1n) is 6.16. The Bertz CT molecular complexity index is 560. The molecule has 3 heterocycles. The van der Waals surface area contributed by atoms with Crippen molar-refractivity contribution in [2.24, 2.45) is 0 Å². The van der Waals surface area contributed by atoms with E-state index in [0.29, 0.717) is 0 Å². The number of hydrogen-bond donors (Lipinski definition) is 0. The number of ether oxygens (including phenoxy) is 1. The van der Waals surface area contributed by atoms with Crippen molar-refractivity contribution in [3.8, 4) is 5.69 Å². The number of aromatic nitrogens is 4. The molecule has 18 heavy (non-hydrogen) atoms. The third-order valence-electron chi connectivity index (χ3n) is 3.21. The third kappa shape index (κ3) is 1.99. The van der Waals surface area contributed by atoms with Crippen molar-refractivity contribution in [2.45, 2.75) is 26.3 Å². The van der Waals surface area contributed by atoms with Gasteiger partial charge in [-0.3, -0.25) is 4.68 Å². The van der Waals surface area contributed by atoms with E-state index in [1.165, 1.54) is 11.3 Å². The second-order valence-corrected chi connectivity index (χ2v) is 5.05. The Morgan fingerprint density at radius 2 is 2.22 bits per heavy atom. The Hall–Kier alpha value is -1.14. The van der Waals surface area contributed by atoms with Crippen LogP contribution in [0.3, 0.4) is 0 Å². The maximum absolute atomic E-state index is 5.52. The average molecular weight is 311 g/mol. The molecule has 0 N–H and O–H groups in total.